The Morgan fingerprint density at radius 2 is 1.76 bits per heavy atom. The molecule has 0 bridgehead atoms. The normalized spacial score (nSPS) is 18.2. The van der Waals surface area contributed by atoms with Gasteiger partial charge >= 0.3 is 0 Å². The molecule has 0 amide bonds. The lowest BCUT2D eigenvalue weighted by atomic mass is 9.97. The Labute approximate surface area is 150 Å². The second-order valence-corrected chi connectivity index (χ2v) is 7.20. The predicted molar refractivity (Wildman–Crippen MR) is 103 cm³/mol. The minimum Gasteiger partial charge on any atom is -0.369 e. The highest BCUT2D eigenvalue weighted by molar-refractivity contribution is 5.48. The summed E-state index contributed by atoms with van der Waals surface area (Å²) in [5.74, 6) is 1.13. The lowest BCUT2D eigenvalue weighted by Crippen LogP contribution is -2.47. The van der Waals surface area contributed by atoms with Crippen LogP contribution in [0.3, 0.4) is 0 Å². The number of piperazine rings is 1. The molecule has 1 saturated heterocycles. The van der Waals surface area contributed by atoms with Gasteiger partial charge in [0.15, 0.2) is 5.82 Å². The number of anilines is 2. The van der Waals surface area contributed by atoms with E-state index >= 15 is 0 Å². The standard InChI is InChI=1S/C20H29N5/c1-23-19-10-6-5-9-18(19)20(22-23)21-11-12-24-13-15-25(16-14-24)17-7-3-2-4-8-17/h2-4,7-8H,5-6,9-16H2,1H3,(H,21,22). The first-order valence-electron chi connectivity index (χ1n) is 9.62. The number of nitrogens with zero attached hydrogens (tertiary/aromatic N) is 4. The summed E-state index contributed by atoms with van der Waals surface area (Å²) in [4.78, 5) is 5.04. The van der Waals surface area contributed by atoms with E-state index in [1.54, 1.807) is 0 Å². The zero-order chi connectivity index (χ0) is 17.1. The van der Waals surface area contributed by atoms with Crippen LogP contribution in [-0.4, -0.2) is 53.9 Å². The second-order valence-electron chi connectivity index (χ2n) is 7.20. The molecule has 1 aromatic carbocycles. The molecule has 0 unspecified atom stereocenters. The minimum atomic E-state index is 0.981. The van der Waals surface area contributed by atoms with Crippen LogP contribution in [-0.2, 0) is 19.9 Å². The molecule has 2 aromatic rings. The van der Waals surface area contributed by atoms with Crippen LogP contribution in [0.15, 0.2) is 30.3 Å². The number of benzene rings is 1. The molecule has 0 saturated carbocycles. The maximum atomic E-state index is 4.71. The van der Waals surface area contributed by atoms with Gasteiger partial charge < -0.3 is 10.2 Å². The summed E-state index contributed by atoms with van der Waals surface area (Å²) >= 11 is 0. The van der Waals surface area contributed by atoms with Gasteiger partial charge in [0.2, 0.25) is 0 Å². The van der Waals surface area contributed by atoms with E-state index in [9.17, 15) is 0 Å². The summed E-state index contributed by atoms with van der Waals surface area (Å²) in [5.41, 5.74) is 4.24. The highest BCUT2D eigenvalue weighted by atomic mass is 15.3. The molecule has 1 aliphatic heterocycles. The molecule has 4 rings (SSSR count). The van der Waals surface area contributed by atoms with Crippen LogP contribution in [0.4, 0.5) is 11.5 Å². The Balaban J connectivity index is 1.25. The van der Waals surface area contributed by atoms with Crippen LogP contribution in [0.2, 0.25) is 0 Å². The first-order valence-corrected chi connectivity index (χ1v) is 9.62. The van der Waals surface area contributed by atoms with Crippen LogP contribution in [0, 0.1) is 0 Å². The van der Waals surface area contributed by atoms with Crippen molar-refractivity contribution in [1.82, 2.24) is 14.7 Å². The number of hydrogen-bond acceptors (Lipinski definition) is 4. The predicted octanol–water partition coefficient (Wildman–Crippen LogP) is 2.53. The summed E-state index contributed by atoms with van der Waals surface area (Å²) in [6.45, 7) is 6.57. The van der Waals surface area contributed by atoms with Gasteiger partial charge in [-0.05, 0) is 37.8 Å². The van der Waals surface area contributed by atoms with Crippen molar-refractivity contribution >= 4 is 11.5 Å². The van der Waals surface area contributed by atoms with Crippen molar-refractivity contribution in [3.63, 3.8) is 0 Å². The van der Waals surface area contributed by atoms with E-state index in [1.165, 1.54) is 42.6 Å². The Kier molecular flexibility index (Phi) is 4.92. The molecule has 2 aliphatic rings. The molecule has 2 heterocycles. The summed E-state index contributed by atoms with van der Waals surface area (Å²) in [5, 5.41) is 8.30. The van der Waals surface area contributed by atoms with Crippen molar-refractivity contribution in [2.24, 2.45) is 7.05 Å². The van der Waals surface area contributed by atoms with E-state index in [2.05, 4.69) is 57.2 Å². The molecule has 0 atom stereocenters. The first-order chi connectivity index (χ1) is 12.3. The third-order valence-corrected chi connectivity index (χ3v) is 5.58. The summed E-state index contributed by atoms with van der Waals surface area (Å²) < 4.78 is 2.08. The maximum Gasteiger partial charge on any atom is 0.151 e. The van der Waals surface area contributed by atoms with Gasteiger partial charge in [0, 0.05) is 63.3 Å². The SMILES string of the molecule is Cn1nc(NCCN2CCN(c3ccccc3)CC2)c2c1CCCC2. The van der Waals surface area contributed by atoms with E-state index < -0.39 is 0 Å². The largest absolute Gasteiger partial charge is 0.369 e. The zero-order valence-electron chi connectivity index (χ0n) is 15.2. The van der Waals surface area contributed by atoms with Crippen molar-refractivity contribution in [2.45, 2.75) is 25.7 Å². The number of hydrogen-bond donors (Lipinski definition) is 1. The monoisotopic (exact) mass is 339 g/mol. The molecule has 1 aromatic heterocycles. The number of rotatable bonds is 5. The minimum absolute atomic E-state index is 0.981. The second kappa shape index (κ2) is 7.48. The summed E-state index contributed by atoms with van der Waals surface area (Å²) in [6, 6.07) is 10.8. The van der Waals surface area contributed by atoms with Crippen LogP contribution >= 0.6 is 0 Å². The van der Waals surface area contributed by atoms with Crippen LogP contribution in [0.25, 0.3) is 0 Å². The van der Waals surface area contributed by atoms with Crippen molar-refractivity contribution in [2.75, 3.05) is 49.5 Å². The Hall–Kier alpha value is -2.01. The number of aryl methyl sites for hydroxylation is 1. The van der Waals surface area contributed by atoms with Crippen LogP contribution < -0.4 is 10.2 Å². The number of fused-ring (bicyclic) bond motifs is 1. The third kappa shape index (κ3) is 3.66. The quantitative estimate of drug-likeness (QED) is 0.908. The molecular weight excluding hydrogens is 310 g/mol. The lowest BCUT2D eigenvalue weighted by Gasteiger charge is -2.36. The maximum absolute atomic E-state index is 4.71. The van der Waals surface area contributed by atoms with Crippen LogP contribution in [0.1, 0.15) is 24.1 Å². The van der Waals surface area contributed by atoms with Gasteiger partial charge in [0.05, 0.1) is 0 Å². The fourth-order valence-electron chi connectivity index (χ4n) is 4.12. The third-order valence-electron chi connectivity index (χ3n) is 5.58. The number of aromatic nitrogens is 2. The van der Waals surface area contributed by atoms with E-state index in [-0.39, 0.29) is 0 Å². The van der Waals surface area contributed by atoms with Gasteiger partial charge in [0.25, 0.3) is 0 Å². The Morgan fingerprint density at radius 3 is 2.56 bits per heavy atom. The summed E-state index contributed by atoms with van der Waals surface area (Å²) in [7, 11) is 2.08. The van der Waals surface area contributed by atoms with Crippen molar-refractivity contribution in [3.05, 3.63) is 41.6 Å². The van der Waals surface area contributed by atoms with Crippen molar-refractivity contribution in [3.8, 4) is 0 Å². The highest BCUT2D eigenvalue weighted by Crippen LogP contribution is 2.26. The highest BCUT2D eigenvalue weighted by Gasteiger charge is 2.20. The Morgan fingerprint density at radius 1 is 1.00 bits per heavy atom. The molecule has 1 aliphatic carbocycles. The van der Waals surface area contributed by atoms with Gasteiger partial charge in [-0.3, -0.25) is 9.58 Å². The topological polar surface area (TPSA) is 36.3 Å². The molecule has 25 heavy (non-hydrogen) atoms. The van der Waals surface area contributed by atoms with Gasteiger partial charge in [-0.1, -0.05) is 18.2 Å². The molecule has 5 nitrogen and oxygen atoms in total. The fourth-order valence-corrected chi connectivity index (χ4v) is 4.12. The van der Waals surface area contributed by atoms with Crippen molar-refractivity contribution < 1.29 is 0 Å². The molecule has 0 spiro atoms. The first kappa shape index (κ1) is 16.5. The lowest BCUT2D eigenvalue weighted by molar-refractivity contribution is 0.267. The van der Waals surface area contributed by atoms with E-state index in [0.29, 0.717) is 0 Å². The Bertz CT molecular complexity index is 686. The smallest absolute Gasteiger partial charge is 0.151 e. The van der Waals surface area contributed by atoms with Gasteiger partial charge in [-0.2, -0.15) is 5.10 Å². The number of para-hydroxylation sites is 1. The van der Waals surface area contributed by atoms with E-state index in [4.69, 9.17) is 5.10 Å². The average Bonchev–Trinajstić information content (AvgIpc) is 2.99. The molecule has 1 fully saturated rings. The molecule has 1 N–H and O–H groups in total. The van der Waals surface area contributed by atoms with Crippen LogP contribution in [0.5, 0.6) is 0 Å². The molecule has 134 valence electrons. The molecule has 5 heteroatoms. The van der Waals surface area contributed by atoms with Gasteiger partial charge in [-0.15, -0.1) is 0 Å². The van der Waals surface area contributed by atoms with E-state index in [1.807, 2.05) is 0 Å². The van der Waals surface area contributed by atoms with Gasteiger partial charge in [-0.25, -0.2) is 0 Å². The zero-order valence-corrected chi connectivity index (χ0v) is 15.2. The average molecular weight is 339 g/mol. The summed E-state index contributed by atoms with van der Waals surface area (Å²) in [6.07, 6.45) is 4.97. The number of nitrogens with one attached hydrogen (secondary N) is 1. The molecular formula is C20H29N5. The van der Waals surface area contributed by atoms with E-state index in [0.717, 1.165) is 45.1 Å². The fraction of sp³-hybridized carbons (Fsp3) is 0.550. The molecule has 0 radical (unpaired) electrons. The van der Waals surface area contributed by atoms with Gasteiger partial charge in [0.1, 0.15) is 0 Å². The van der Waals surface area contributed by atoms with Crippen molar-refractivity contribution in [1.29, 1.82) is 0 Å².